The highest BCUT2D eigenvalue weighted by atomic mass is 32.1. The van der Waals surface area contributed by atoms with Crippen LogP contribution in [0.1, 0.15) is 27.9 Å². The van der Waals surface area contributed by atoms with Crippen LogP contribution in [0.5, 0.6) is 0 Å². The number of carbonyl (C=O) groups excluding carboxylic acids is 1. The van der Waals surface area contributed by atoms with Crippen LogP contribution in [0, 0.1) is 20.8 Å². The second kappa shape index (κ2) is 8.59. The van der Waals surface area contributed by atoms with Crippen molar-refractivity contribution >= 4 is 17.2 Å². The minimum absolute atomic E-state index is 0.180. The monoisotopic (exact) mass is 359 g/mol. The molecule has 1 aromatic carbocycles. The maximum Gasteiger partial charge on any atom is 0.227 e. The predicted molar refractivity (Wildman–Crippen MR) is 106 cm³/mol. The number of rotatable bonds is 7. The molecule has 0 radical (unpaired) electrons. The molecule has 0 saturated carbocycles. The van der Waals surface area contributed by atoms with Crippen LogP contribution in [0.25, 0.3) is 11.3 Å². The topological polar surface area (TPSA) is 36.4 Å². The van der Waals surface area contributed by atoms with Crippen molar-refractivity contribution in [1.29, 1.82) is 0 Å². The van der Waals surface area contributed by atoms with Crippen molar-refractivity contribution in [3.8, 4) is 11.3 Å². The van der Waals surface area contributed by atoms with Crippen LogP contribution in [0.2, 0.25) is 0 Å². The molecule has 1 amide bonds. The normalized spacial score (nSPS) is 11.2. The van der Waals surface area contributed by atoms with Gasteiger partial charge in [0.2, 0.25) is 5.91 Å². The van der Waals surface area contributed by atoms with Gasteiger partial charge in [-0.25, -0.2) is 4.98 Å². The van der Waals surface area contributed by atoms with E-state index in [0.29, 0.717) is 6.42 Å². The zero-order chi connectivity index (χ0) is 18.6. The highest BCUT2D eigenvalue weighted by Crippen LogP contribution is 2.31. The van der Waals surface area contributed by atoms with E-state index in [1.165, 1.54) is 11.1 Å². The SMILES string of the molecule is CCN(CCN(C)C)C(=O)Cc1sc(C)nc1-c1ccc(C)cc1C. The van der Waals surface area contributed by atoms with Crippen LogP contribution >= 0.6 is 11.3 Å². The fourth-order valence-corrected chi connectivity index (χ4v) is 3.85. The maximum atomic E-state index is 12.8. The number of hydrogen-bond acceptors (Lipinski definition) is 4. The molecule has 0 unspecified atom stereocenters. The van der Waals surface area contributed by atoms with Gasteiger partial charge in [-0.2, -0.15) is 0 Å². The number of aromatic nitrogens is 1. The van der Waals surface area contributed by atoms with Crippen LogP contribution in [-0.4, -0.2) is 54.4 Å². The standard InChI is InChI=1S/C20H29N3OS/c1-7-23(11-10-22(5)6)19(24)13-18-20(21-16(4)25-18)17-9-8-14(2)12-15(17)3/h8-9,12H,7,10-11,13H2,1-6H3. The quantitative estimate of drug-likeness (QED) is 0.756. The van der Waals surface area contributed by atoms with Gasteiger partial charge in [-0.05, 0) is 47.4 Å². The third-order valence-corrected chi connectivity index (χ3v) is 5.28. The zero-order valence-corrected chi connectivity index (χ0v) is 17.0. The van der Waals surface area contributed by atoms with Crippen LogP contribution in [0.4, 0.5) is 0 Å². The van der Waals surface area contributed by atoms with Crippen molar-refractivity contribution in [1.82, 2.24) is 14.8 Å². The van der Waals surface area contributed by atoms with Crippen LogP contribution in [-0.2, 0) is 11.2 Å². The number of nitrogens with zero attached hydrogens (tertiary/aromatic N) is 3. The molecule has 0 N–H and O–H groups in total. The lowest BCUT2D eigenvalue weighted by atomic mass is 10.0. The van der Waals surface area contributed by atoms with Gasteiger partial charge in [0.25, 0.3) is 0 Å². The fourth-order valence-electron chi connectivity index (χ4n) is 2.91. The van der Waals surface area contributed by atoms with Gasteiger partial charge in [-0.3, -0.25) is 4.79 Å². The predicted octanol–water partition coefficient (Wildman–Crippen LogP) is 3.69. The first-order valence-electron chi connectivity index (χ1n) is 8.78. The summed E-state index contributed by atoms with van der Waals surface area (Å²) in [6.07, 6.45) is 0.426. The molecule has 1 aromatic heterocycles. The van der Waals surface area contributed by atoms with Crippen molar-refractivity contribution in [2.24, 2.45) is 0 Å². The number of amides is 1. The van der Waals surface area contributed by atoms with E-state index in [9.17, 15) is 4.79 Å². The van der Waals surface area contributed by atoms with Crippen molar-refractivity contribution in [3.63, 3.8) is 0 Å². The smallest absolute Gasteiger partial charge is 0.227 e. The zero-order valence-electron chi connectivity index (χ0n) is 16.2. The Bertz CT molecular complexity index is 737. The van der Waals surface area contributed by atoms with Crippen LogP contribution in [0.15, 0.2) is 18.2 Å². The molecule has 0 bridgehead atoms. The van der Waals surface area contributed by atoms with Crippen molar-refractivity contribution in [2.45, 2.75) is 34.1 Å². The second-order valence-corrected chi connectivity index (χ2v) is 8.06. The van der Waals surface area contributed by atoms with E-state index in [1.54, 1.807) is 11.3 Å². The van der Waals surface area contributed by atoms with Gasteiger partial charge in [0.05, 0.1) is 17.1 Å². The highest BCUT2D eigenvalue weighted by Gasteiger charge is 2.19. The third kappa shape index (κ3) is 5.13. The molecule has 0 aliphatic rings. The molecule has 0 spiro atoms. The van der Waals surface area contributed by atoms with Crippen molar-refractivity contribution < 1.29 is 4.79 Å². The molecular formula is C20H29N3OS. The molecular weight excluding hydrogens is 330 g/mol. The Morgan fingerprint density at radius 2 is 1.88 bits per heavy atom. The second-order valence-electron chi connectivity index (χ2n) is 6.78. The summed E-state index contributed by atoms with van der Waals surface area (Å²) in [6, 6.07) is 6.40. The molecule has 25 heavy (non-hydrogen) atoms. The van der Waals surface area contributed by atoms with E-state index in [2.05, 4.69) is 36.9 Å². The number of carbonyl (C=O) groups is 1. The Morgan fingerprint density at radius 1 is 1.16 bits per heavy atom. The number of hydrogen-bond donors (Lipinski definition) is 0. The van der Waals surface area contributed by atoms with Gasteiger partial charge in [-0.1, -0.05) is 23.8 Å². The lowest BCUT2D eigenvalue weighted by Gasteiger charge is -2.22. The molecule has 0 atom stereocenters. The average Bonchev–Trinajstić information content (AvgIpc) is 2.87. The Hall–Kier alpha value is -1.72. The van der Waals surface area contributed by atoms with Gasteiger partial charge in [0.15, 0.2) is 0 Å². The van der Waals surface area contributed by atoms with Gasteiger partial charge in [-0.15, -0.1) is 11.3 Å². The first-order chi connectivity index (χ1) is 11.8. The molecule has 5 heteroatoms. The summed E-state index contributed by atoms with van der Waals surface area (Å²) in [6.45, 7) is 10.6. The van der Waals surface area contributed by atoms with Crippen LogP contribution in [0.3, 0.4) is 0 Å². The minimum atomic E-state index is 0.180. The minimum Gasteiger partial charge on any atom is -0.341 e. The Kier molecular flexibility index (Phi) is 6.73. The molecule has 0 aliphatic carbocycles. The average molecular weight is 360 g/mol. The van der Waals surface area contributed by atoms with Gasteiger partial charge < -0.3 is 9.80 Å². The Balaban J connectivity index is 2.24. The third-order valence-electron chi connectivity index (χ3n) is 4.30. The lowest BCUT2D eigenvalue weighted by molar-refractivity contribution is -0.130. The maximum absolute atomic E-state index is 12.8. The van der Waals surface area contributed by atoms with E-state index in [-0.39, 0.29) is 5.91 Å². The van der Waals surface area contributed by atoms with E-state index >= 15 is 0 Å². The van der Waals surface area contributed by atoms with Gasteiger partial charge in [0.1, 0.15) is 0 Å². The molecule has 4 nitrogen and oxygen atoms in total. The molecule has 1 heterocycles. The summed E-state index contributed by atoms with van der Waals surface area (Å²) in [5, 5.41) is 1.01. The van der Waals surface area contributed by atoms with Gasteiger partial charge in [0, 0.05) is 30.1 Å². The van der Waals surface area contributed by atoms with Crippen molar-refractivity contribution in [2.75, 3.05) is 33.7 Å². The summed E-state index contributed by atoms with van der Waals surface area (Å²) in [4.78, 5) is 22.6. The van der Waals surface area contributed by atoms with Crippen LogP contribution < -0.4 is 0 Å². The van der Waals surface area contributed by atoms with Crippen molar-refractivity contribution in [3.05, 3.63) is 39.2 Å². The first kappa shape index (κ1) is 19.6. The summed E-state index contributed by atoms with van der Waals surface area (Å²) < 4.78 is 0. The molecule has 0 saturated heterocycles. The summed E-state index contributed by atoms with van der Waals surface area (Å²) >= 11 is 1.63. The van der Waals surface area contributed by atoms with E-state index in [0.717, 1.165) is 40.8 Å². The summed E-state index contributed by atoms with van der Waals surface area (Å²) in [7, 11) is 4.06. The Morgan fingerprint density at radius 3 is 2.48 bits per heavy atom. The number of likely N-dealkylation sites (N-methyl/N-ethyl adjacent to an activating group) is 2. The van der Waals surface area contributed by atoms with E-state index in [1.807, 2.05) is 32.8 Å². The number of benzene rings is 1. The molecule has 2 aromatic rings. The number of thiazole rings is 1. The van der Waals surface area contributed by atoms with E-state index in [4.69, 9.17) is 4.98 Å². The van der Waals surface area contributed by atoms with Gasteiger partial charge >= 0.3 is 0 Å². The largest absolute Gasteiger partial charge is 0.341 e. The highest BCUT2D eigenvalue weighted by molar-refractivity contribution is 7.12. The number of aryl methyl sites for hydroxylation is 3. The Labute approximate surface area is 155 Å². The summed E-state index contributed by atoms with van der Waals surface area (Å²) in [5.74, 6) is 0.180. The summed E-state index contributed by atoms with van der Waals surface area (Å²) in [5.41, 5.74) is 4.55. The fraction of sp³-hybridized carbons (Fsp3) is 0.500. The molecule has 0 aliphatic heterocycles. The first-order valence-corrected chi connectivity index (χ1v) is 9.60. The van der Waals surface area contributed by atoms with E-state index < -0.39 is 0 Å². The lowest BCUT2D eigenvalue weighted by Crippen LogP contribution is -2.37. The molecule has 136 valence electrons. The molecule has 0 fully saturated rings. The molecule has 2 rings (SSSR count).